The summed E-state index contributed by atoms with van der Waals surface area (Å²) >= 11 is 3.31. The van der Waals surface area contributed by atoms with Crippen molar-refractivity contribution in [3.8, 4) is 5.75 Å². The molecule has 5 heteroatoms. The lowest BCUT2D eigenvalue weighted by atomic mass is 10.1. The Morgan fingerprint density at radius 1 is 1.24 bits per heavy atom. The molecule has 2 aromatic carbocycles. The zero-order chi connectivity index (χ0) is 15.2. The second-order valence-electron chi connectivity index (χ2n) is 4.59. The molecule has 0 radical (unpaired) electrons. The van der Waals surface area contributed by atoms with Crippen LogP contribution in [0.3, 0.4) is 0 Å². The number of ether oxygens (including phenoxy) is 1. The highest BCUT2D eigenvalue weighted by atomic mass is 79.9. The quantitative estimate of drug-likeness (QED) is 0.816. The van der Waals surface area contributed by atoms with E-state index in [1.165, 1.54) is 0 Å². The maximum absolute atomic E-state index is 12.0. The minimum absolute atomic E-state index is 0.122. The number of anilines is 1. The van der Waals surface area contributed by atoms with E-state index in [0.717, 1.165) is 22.2 Å². The molecule has 0 aliphatic heterocycles. The first-order valence-electron chi connectivity index (χ1n) is 6.56. The van der Waals surface area contributed by atoms with Crippen LogP contribution in [0.5, 0.6) is 5.75 Å². The molecule has 1 amide bonds. The Kier molecular flexibility index (Phi) is 5.22. The fourth-order valence-corrected chi connectivity index (χ4v) is 2.15. The maximum atomic E-state index is 12.0. The smallest absolute Gasteiger partial charge is 0.251 e. The van der Waals surface area contributed by atoms with Crippen molar-refractivity contribution in [2.24, 2.45) is 0 Å². The summed E-state index contributed by atoms with van der Waals surface area (Å²) in [4.78, 5) is 12.0. The van der Waals surface area contributed by atoms with Crippen molar-refractivity contribution in [2.75, 3.05) is 19.4 Å². The molecule has 3 N–H and O–H groups in total. The molecule has 0 unspecified atom stereocenters. The van der Waals surface area contributed by atoms with Gasteiger partial charge in [-0.25, -0.2) is 0 Å². The Labute approximate surface area is 132 Å². The van der Waals surface area contributed by atoms with E-state index in [4.69, 9.17) is 10.5 Å². The Balaban J connectivity index is 1.87. The monoisotopic (exact) mass is 348 g/mol. The average molecular weight is 349 g/mol. The fraction of sp³-hybridized carbons (Fsp3) is 0.188. The SMILES string of the molecule is COc1ccc(CCNC(=O)c2ccc(Br)c(N)c2)cc1. The van der Waals surface area contributed by atoms with Crippen LogP contribution >= 0.6 is 15.9 Å². The molecule has 21 heavy (non-hydrogen) atoms. The number of rotatable bonds is 5. The number of carbonyl (C=O) groups is 1. The van der Waals surface area contributed by atoms with Crippen LogP contribution < -0.4 is 15.8 Å². The molecule has 0 saturated carbocycles. The number of nitrogens with one attached hydrogen (secondary N) is 1. The van der Waals surface area contributed by atoms with E-state index >= 15 is 0 Å². The molecular weight excluding hydrogens is 332 g/mol. The number of amides is 1. The minimum Gasteiger partial charge on any atom is -0.497 e. The summed E-state index contributed by atoms with van der Waals surface area (Å²) in [6.07, 6.45) is 0.766. The van der Waals surface area contributed by atoms with E-state index in [9.17, 15) is 4.79 Å². The van der Waals surface area contributed by atoms with E-state index in [0.29, 0.717) is 17.8 Å². The standard InChI is InChI=1S/C16H17BrN2O2/c1-21-13-5-2-11(3-6-13)8-9-19-16(20)12-4-7-14(17)15(18)10-12/h2-7,10H,8-9,18H2,1H3,(H,19,20). The number of hydrogen-bond acceptors (Lipinski definition) is 3. The molecule has 0 aliphatic carbocycles. The first-order valence-corrected chi connectivity index (χ1v) is 7.35. The van der Waals surface area contributed by atoms with E-state index in [1.807, 2.05) is 24.3 Å². The molecule has 0 fully saturated rings. The number of methoxy groups -OCH3 is 1. The van der Waals surface area contributed by atoms with Crippen molar-refractivity contribution >= 4 is 27.5 Å². The van der Waals surface area contributed by atoms with Gasteiger partial charge in [-0.15, -0.1) is 0 Å². The van der Waals surface area contributed by atoms with Gasteiger partial charge in [0.15, 0.2) is 0 Å². The lowest BCUT2D eigenvalue weighted by Crippen LogP contribution is -2.25. The van der Waals surface area contributed by atoms with Crippen molar-refractivity contribution < 1.29 is 9.53 Å². The van der Waals surface area contributed by atoms with Gasteiger partial charge in [0.05, 0.1) is 7.11 Å². The van der Waals surface area contributed by atoms with Gasteiger partial charge in [0.1, 0.15) is 5.75 Å². The zero-order valence-electron chi connectivity index (χ0n) is 11.7. The summed E-state index contributed by atoms with van der Waals surface area (Å²) in [6, 6.07) is 13.0. The number of nitrogen functional groups attached to an aromatic ring is 1. The number of halogens is 1. The van der Waals surface area contributed by atoms with Gasteiger partial charge in [0, 0.05) is 22.3 Å². The molecule has 0 aromatic heterocycles. The Morgan fingerprint density at radius 2 is 1.95 bits per heavy atom. The highest BCUT2D eigenvalue weighted by Crippen LogP contribution is 2.20. The summed E-state index contributed by atoms with van der Waals surface area (Å²) in [7, 11) is 1.64. The molecule has 0 heterocycles. The summed E-state index contributed by atoms with van der Waals surface area (Å²) in [6.45, 7) is 0.571. The highest BCUT2D eigenvalue weighted by molar-refractivity contribution is 9.10. The fourth-order valence-electron chi connectivity index (χ4n) is 1.90. The van der Waals surface area contributed by atoms with Gasteiger partial charge in [-0.1, -0.05) is 12.1 Å². The highest BCUT2D eigenvalue weighted by Gasteiger charge is 2.06. The molecule has 0 bridgehead atoms. The molecule has 110 valence electrons. The van der Waals surface area contributed by atoms with Gasteiger partial charge in [-0.2, -0.15) is 0 Å². The van der Waals surface area contributed by atoms with Crippen molar-refractivity contribution in [3.63, 3.8) is 0 Å². The van der Waals surface area contributed by atoms with Crippen LogP contribution in [-0.2, 0) is 6.42 Å². The molecule has 2 aromatic rings. The van der Waals surface area contributed by atoms with Gasteiger partial charge >= 0.3 is 0 Å². The molecule has 0 aliphatic rings. The third-order valence-electron chi connectivity index (χ3n) is 3.12. The van der Waals surface area contributed by atoms with Crippen molar-refractivity contribution in [2.45, 2.75) is 6.42 Å². The Hall–Kier alpha value is -2.01. The first kappa shape index (κ1) is 15.4. The van der Waals surface area contributed by atoms with Crippen molar-refractivity contribution in [1.82, 2.24) is 5.32 Å². The first-order chi connectivity index (χ1) is 10.1. The minimum atomic E-state index is -0.122. The topological polar surface area (TPSA) is 64.3 Å². The van der Waals surface area contributed by atoms with Crippen LogP contribution in [0.1, 0.15) is 15.9 Å². The lowest BCUT2D eigenvalue weighted by molar-refractivity contribution is 0.0954. The van der Waals surface area contributed by atoms with Gasteiger partial charge < -0.3 is 15.8 Å². The van der Waals surface area contributed by atoms with Crippen LogP contribution in [0.25, 0.3) is 0 Å². The summed E-state index contributed by atoms with van der Waals surface area (Å²) in [5.41, 5.74) is 8.03. The number of carbonyl (C=O) groups excluding carboxylic acids is 1. The third kappa shape index (κ3) is 4.23. The number of benzene rings is 2. The van der Waals surface area contributed by atoms with Gasteiger partial charge in [0.25, 0.3) is 5.91 Å². The molecule has 2 rings (SSSR count). The maximum Gasteiger partial charge on any atom is 0.251 e. The molecule has 0 atom stereocenters. The van der Waals surface area contributed by atoms with E-state index < -0.39 is 0 Å². The lowest BCUT2D eigenvalue weighted by Gasteiger charge is -2.07. The normalized spacial score (nSPS) is 10.2. The largest absolute Gasteiger partial charge is 0.497 e. The molecule has 4 nitrogen and oxygen atoms in total. The molecule has 0 saturated heterocycles. The summed E-state index contributed by atoms with van der Waals surface area (Å²) < 4.78 is 5.89. The van der Waals surface area contributed by atoms with Gasteiger partial charge in [-0.3, -0.25) is 4.79 Å². The van der Waals surface area contributed by atoms with E-state index in [-0.39, 0.29) is 5.91 Å². The zero-order valence-corrected chi connectivity index (χ0v) is 13.3. The van der Waals surface area contributed by atoms with Crippen LogP contribution in [0.15, 0.2) is 46.9 Å². The van der Waals surface area contributed by atoms with Gasteiger partial charge in [0.2, 0.25) is 0 Å². The van der Waals surface area contributed by atoms with Crippen LogP contribution in [0, 0.1) is 0 Å². The second kappa shape index (κ2) is 7.13. The van der Waals surface area contributed by atoms with Crippen LogP contribution in [0.4, 0.5) is 5.69 Å². The Morgan fingerprint density at radius 3 is 2.57 bits per heavy atom. The Bertz CT molecular complexity index is 627. The van der Waals surface area contributed by atoms with E-state index in [2.05, 4.69) is 21.2 Å². The summed E-state index contributed by atoms with van der Waals surface area (Å²) in [5.74, 6) is 0.704. The van der Waals surface area contributed by atoms with Crippen molar-refractivity contribution in [3.05, 3.63) is 58.1 Å². The number of nitrogens with two attached hydrogens (primary N) is 1. The van der Waals surface area contributed by atoms with Gasteiger partial charge in [-0.05, 0) is 58.2 Å². The second-order valence-corrected chi connectivity index (χ2v) is 5.44. The van der Waals surface area contributed by atoms with Crippen molar-refractivity contribution in [1.29, 1.82) is 0 Å². The molecular formula is C16H17BrN2O2. The molecule has 0 spiro atoms. The average Bonchev–Trinajstić information content (AvgIpc) is 2.50. The predicted octanol–water partition coefficient (Wildman–Crippen LogP) is 3.01. The third-order valence-corrected chi connectivity index (χ3v) is 3.84. The van der Waals surface area contributed by atoms with Crippen LogP contribution in [-0.4, -0.2) is 19.6 Å². The number of hydrogen-bond donors (Lipinski definition) is 2. The predicted molar refractivity (Wildman–Crippen MR) is 87.6 cm³/mol. The summed E-state index contributed by atoms with van der Waals surface area (Å²) in [5, 5.41) is 2.88. The van der Waals surface area contributed by atoms with Crippen LogP contribution in [0.2, 0.25) is 0 Å². The van der Waals surface area contributed by atoms with E-state index in [1.54, 1.807) is 25.3 Å².